The Morgan fingerprint density at radius 2 is 1.89 bits per heavy atom. The molecule has 0 atom stereocenters. The first-order valence-corrected chi connectivity index (χ1v) is 5.96. The van der Waals surface area contributed by atoms with Gasteiger partial charge in [0.1, 0.15) is 5.75 Å². The van der Waals surface area contributed by atoms with Crippen molar-refractivity contribution in [2.75, 3.05) is 5.32 Å². The number of phenols is 1. The highest BCUT2D eigenvalue weighted by molar-refractivity contribution is 6.30. The molecule has 0 heterocycles. The molecule has 0 saturated carbocycles. The molecule has 1 amide bonds. The Balaban J connectivity index is 2.13. The Hall–Kier alpha value is -2.20. The van der Waals surface area contributed by atoms with E-state index in [0.717, 1.165) is 0 Å². The Kier molecular flexibility index (Phi) is 3.92. The van der Waals surface area contributed by atoms with Gasteiger partial charge in [0.2, 0.25) is 5.91 Å². The van der Waals surface area contributed by atoms with Crippen LogP contribution in [-0.4, -0.2) is 11.0 Å². The van der Waals surface area contributed by atoms with Gasteiger partial charge in [0.15, 0.2) is 11.5 Å². The van der Waals surface area contributed by atoms with E-state index in [1.165, 1.54) is 13.0 Å². The van der Waals surface area contributed by atoms with Gasteiger partial charge >= 0.3 is 0 Å². The number of hydrogen-bond acceptors (Lipinski definition) is 3. The highest BCUT2D eigenvalue weighted by Gasteiger charge is 2.05. The molecule has 0 radical (unpaired) electrons. The quantitative estimate of drug-likeness (QED) is 0.897. The van der Waals surface area contributed by atoms with Crippen molar-refractivity contribution in [2.24, 2.45) is 0 Å². The third-order valence-corrected chi connectivity index (χ3v) is 2.56. The van der Waals surface area contributed by atoms with Gasteiger partial charge in [-0.3, -0.25) is 4.79 Å². The van der Waals surface area contributed by atoms with Crippen LogP contribution in [0.4, 0.5) is 5.69 Å². The van der Waals surface area contributed by atoms with Crippen LogP contribution in [0, 0.1) is 0 Å². The second-order valence-electron chi connectivity index (χ2n) is 3.92. The van der Waals surface area contributed by atoms with Gasteiger partial charge in [-0.1, -0.05) is 11.6 Å². The number of carbonyl (C=O) groups excluding carboxylic acids is 1. The zero-order valence-corrected chi connectivity index (χ0v) is 10.9. The number of hydrogen-bond donors (Lipinski definition) is 2. The van der Waals surface area contributed by atoms with Gasteiger partial charge in [0.05, 0.1) is 0 Å². The average Bonchev–Trinajstić information content (AvgIpc) is 2.34. The SMILES string of the molecule is CC(=O)Nc1ccc(Oc2ccc(Cl)cc2O)cc1. The van der Waals surface area contributed by atoms with Gasteiger partial charge in [-0.15, -0.1) is 0 Å². The predicted octanol–water partition coefficient (Wildman–Crippen LogP) is 3.80. The molecule has 0 saturated heterocycles. The van der Waals surface area contributed by atoms with E-state index in [1.807, 2.05) is 0 Å². The third kappa shape index (κ3) is 3.63. The number of rotatable bonds is 3. The number of carbonyl (C=O) groups is 1. The third-order valence-electron chi connectivity index (χ3n) is 2.32. The number of halogens is 1. The highest BCUT2D eigenvalue weighted by atomic mass is 35.5. The molecule has 0 fully saturated rings. The molecular formula is C14H12ClNO3. The summed E-state index contributed by atoms with van der Waals surface area (Å²) in [6.07, 6.45) is 0. The van der Waals surface area contributed by atoms with Crippen molar-refractivity contribution in [1.82, 2.24) is 0 Å². The van der Waals surface area contributed by atoms with Crippen LogP contribution in [0.1, 0.15) is 6.92 Å². The average molecular weight is 278 g/mol. The monoisotopic (exact) mass is 277 g/mol. The molecule has 2 N–H and O–H groups in total. The fourth-order valence-electron chi connectivity index (χ4n) is 1.51. The fourth-order valence-corrected chi connectivity index (χ4v) is 1.68. The maximum absolute atomic E-state index is 10.9. The number of ether oxygens (including phenoxy) is 1. The second-order valence-corrected chi connectivity index (χ2v) is 4.36. The van der Waals surface area contributed by atoms with Crippen LogP contribution in [0.3, 0.4) is 0 Å². The van der Waals surface area contributed by atoms with Gasteiger partial charge in [-0.2, -0.15) is 0 Å². The minimum absolute atomic E-state index is 0.0292. The lowest BCUT2D eigenvalue weighted by Crippen LogP contribution is -2.05. The van der Waals surface area contributed by atoms with Crippen molar-refractivity contribution >= 4 is 23.2 Å². The number of anilines is 1. The summed E-state index contributed by atoms with van der Waals surface area (Å²) in [5.41, 5.74) is 0.681. The van der Waals surface area contributed by atoms with Crippen LogP contribution in [0.5, 0.6) is 17.2 Å². The lowest BCUT2D eigenvalue weighted by molar-refractivity contribution is -0.114. The Labute approximate surface area is 115 Å². The molecular weight excluding hydrogens is 266 g/mol. The molecule has 0 aliphatic rings. The molecule has 2 aromatic rings. The summed E-state index contributed by atoms with van der Waals surface area (Å²) in [6.45, 7) is 1.44. The first-order chi connectivity index (χ1) is 9.04. The minimum Gasteiger partial charge on any atom is -0.504 e. The molecule has 4 nitrogen and oxygen atoms in total. The number of phenolic OH excluding ortho intramolecular Hbond substituents is 1. The summed E-state index contributed by atoms with van der Waals surface area (Å²) in [7, 11) is 0. The number of nitrogens with one attached hydrogen (secondary N) is 1. The van der Waals surface area contributed by atoms with Crippen LogP contribution in [0.15, 0.2) is 42.5 Å². The molecule has 0 bridgehead atoms. The van der Waals surface area contributed by atoms with Crippen molar-refractivity contribution < 1.29 is 14.6 Å². The summed E-state index contributed by atoms with van der Waals surface area (Å²) >= 11 is 5.73. The second kappa shape index (κ2) is 5.63. The summed E-state index contributed by atoms with van der Waals surface area (Å²) < 4.78 is 5.50. The minimum atomic E-state index is -0.135. The summed E-state index contributed by atoms with van der Waals surface area (Å²) in [6, 6.07) is 11.4. The Morgan fingerprint density at radius 1 is 1.21 bits per heavy atom. The van der Waals surface area contributed by atoms with Crippen LogP contribution in [0.25, 0.3) is 0 Å². The Morgan fingerprint density at radius 3 is 2.47 bits per heavy atom. The zero-order valence-electron chi connectivity index (χ0n) is 10.2. The number of aromatic hydroxyl groups is 1. The summed E-state index contributed by atoms with van der Waals surface area (Å²) in [5.74, 6) is 0.700. The Bertz CT molecular complexity index is 596. The summed E-state index contributed by atoms with van der Waals surface area (Å²) in [4.78, 5) is 10.9. The van der Waals surface area contributed by atoms with Crippen LogP contribution >= 0.6 is 11.6 Å². The van der Waals surface area contributed by atoms with Crippen molar-refractivity contribution in [3.63, 3.8) is 0 Å². The molecule has 0 spiro atoms. The number of benzene rings is 2. The van der Waals surface area contributed by atoms with Crippen LogP contribution in [0.2, 0.25) is 5.02 Å². The highest BCUT2D eigenvalue weighted by Crippen LogP contribution is 2.33. The molecule has 0 aliphatic carbocycles. The maximum Gasteiger partial charge on any atom is 0.221 e. The van der Waals surface area contributed by atoms with E-state index in [9.17, 15) is 9.90 Å². The molecule has 0 aromatic heterocycles. The van der Waals surface area contributed by atoms with E-state index in [0.29, 0.717) is 22.2 Å². The van der Waals surface area contributed by atoms with Crippen molar-refractivity contribution in [3.05, 3.63) is 47.5 Å². The van der Waals surface area contributed by atoms with E-state index >= 15 is 0 Å². The van der Waals surface area contributed by atoms with Gasteiger partial charge in [-0.25, -0.2) is 0 Å². The molecule has 0 aliphatic heterocycles. The first-order valence-electron chi connectivity index (χ1n) is 5.58. The maximum atomic E-state index is 10.9. The topological polar surface area (TPSA) is 58.6 Å². The van der Waals surface area contributed by atoms with Crippen molar-refractivity contribution in [3.8, 4) is 17.2 Å². The van der Waals surface area contributed by atoms with Crippen LogP contribution in [-0.2, 0) is 4.79 Å². The van der Waals surface area contributed by atoms with E-state index < -0.39 is 0 Å². The number of amides is 1. The lowest BCUT2D eigenvalue weighted by atomic mass is 10.3. The predicted molar refractivity (Wildman–Crippen MR) is 73.9 cm³/mol. The lowest BCUT2D eigenvalue weighted by Gasteiger charge is -2.08. The first kappa shape index (κ1) is 13.2. The van der Waals surface area contributed by atoms with Crippen molar-refractivity contribution in [1.29, 1.82) is 0 Å². The largest absolute Gasteiger partial charge is 0.504 e. The van der Waals surface area contributed by atoms with E-state index in [4.69, 9.17) is 16.3 Å². The smallest absolute Gasteiger partial charge is 0.221 e. The van der Waals surface area contributed by atoms with Gasteiger partial charge < -0.3 is 15.2 Å². The molecule has 5 heteroatoms. The standard InChI is InChI=1S/C14H12ClNO3/c1-9(17)16-11-3-5-12(6-4-11)19-14-7-2-10(15)8-13(14)18/h2-8,18H,1H3,(H,16,17). The molecule has 2 aromatic carbocycles. The van der Waals surface area contributed by atoms with E-state index in [2.05, 4.69) is 5.32 Å². The van der Waals surface area contributed by atoms with Crippen molar-refractivity contribution in [2.45, 2.75) is 6.92 Å². The molecule has 19 heavy (non-hydrogen) atoms. The van der Waals surface area contributed by atoms with Gasteiger partial charge in [0, 0.05) is 23.7 Å². The van der Waals surface area contributed by atoms with Gasteiger partial charge in [-0.05, 0) is 36.4 Å². The van der Waals surface area contributed by atoms with E-state index in [1.54, 1.807) is 36.4 Å². The molecule has 2 rings (SSSR count). The molecule has 0 unspecified atom stereocenters. The molecule has 98 valence electrons. The fraction of sp³-hybridized carbons (Fsp3) is 0.0714. The van der Waals surface area contributed by atoms with E-state index in [-0.39, 0.29) is 11.7 Å². The van der Waals surface area contributed by atoms with Crippen LogP contribution < -0.4 is 10.1 Å². The van der Waals surface area contributed by atoms with Gasteiger partial charge in [0.25, 0.3) is 0 Å². The summed E-state index contributed by atoms with van der Waals surface area (Å²) in [5, 5.41) is 12.7. The zero-order chi connectivity index (χ0) is 13.8. The normalized spacial score (nSPS) is 10.0.